The van der Waals surface area contributed by atoms with Crippen molar-refractivity contribution in [2.24, 2.45) is 0 Å². The largest absolute Gasteiger partial charge is 0.350 e. The molecule has 1 amide bonds. The summed E-state index contributed by atoms with van der Waals surface area (Å²) in [5.41, 5.74) is 0.397. The molecule has 1 saturated heterocycles. The Morgan fingerprint density at radius 2 is 2.17 bits per heavy atom. The minimum absolute atomic E-state index is 0.0320. The fourth-order valence-corrected chi connectivity index (χ4v) is 2.75. The number of carbonyl (C=O) groups excluding carboxylic acids is 1. The number of hydrogen-bond acceptors (Lipinski definition) is 5. The number of hydrogen-bond donors (Lipinski definition) is 2. The van der Waals surface area contributed by atoms with Crippen LogP contribution in [0.25, 0.3) is 0 Å². The molecule has 2 heterocycles. The van der Waals surface area contributed by atoms with Gasteiger partial charge in [-0.25, -0.2) is 14.4 Å². The number of carbonyl (C=O) groups is 1. The Hall–Kier alpha value is -2.25. The van der Waals surface area contributed by atoms with E-state index in [2.05, 4.69) is 20.6 Å². The molecule has 126 valence electrons. The molecular formula is C16H17ClFN5O. The lowest BCUT2D eigenvalue weighted by Gasteiger charge is -2.16. The average Bonchev–Trinajstić information content (AvgIpc) is 2.99. The molecular weight excluding hydrogens is 333 g/mol. The van der Waals surface area contributed by atoms with Gasteiger partial charge < -0.3 is 10.6 Å². The summed E-state index contributed by atoms with van der Waals surface area (Å²) in [6, 6.07) is 6.16. The zero-order chi connectivity index (χ0) is 16.9. The monoisotopic (exact) mass is 349 g/mol. The number of halogens is 2. The normalized spacial score (nSPS) is 17.7. The van der Waals surface area contributed by atoms with Gasteiger partial charge in [0.1, 0.15) is 5.82 Å². The summed E-state index contributed by atoms with van der Waals surface area (Å²) in [5.74, 6) is -0.151. The standard InChI is InChI=1S/C16H17ClFN5O/c17-13-3-2-11(8-14(13)18)21-15(24)10-23-7-4-12(9-23)22-16-19-5-1-6-20-16/h1-3,5-6,8,12H,4,7,9-10H2,(H,21,24)(H,19,20,22). The van der Waals surface area contributed by atoms with E-state index in [1.165, 1.54) is 12.1 Å². The molecule has 0 spiro atoms. The lowest BCUT2D eigenvalue weighted by Crippen LogP contribution is -2.33. The van der Waals surface area contributed by atoms with Crippen molar-refractivity contribution in [2.45, 2.75) is 12.5 Å². The van der Waals surface area contributed by atoms with Crippen molar-refractivity contribution >= 4 is 29.1 Å². The van der Waals surface area contributed by atoms with E-state index in [0.29, 0.717) is 11.6 Å². The van der Waals surface area contributed by atoms with Crippen molar-refractivity contribution < 1.29 is 9.18 Å². The zero-order valence-corrected chi connectivity index (χ0v) is 13.6. The number of benzene rings is 1. The first-order chi connectivity index (χ1) is 11.6. The third kappa shape index (κ3) is 4.39. The summed E-state index contributed by atoms with van der Waals surface area (Å²) < 4.78 is 13.4. The molecule has 1 aliphatic rings. The SMILES string of the molecule is O=C(CN1CCC(Nc2ncccn2)C1)Nc1ccc(Cl)c(F)c1. The number of amides is 1. The van der Waals surface area contributed by atoms with Crippen molar-refractivity contribution in [3.05, 3.63) is 47.5 Å². The van der Waals surface area contributed by atoms with E-state index in [4.69, 9.17) is 11.6 Å². The number of rotatable bonds is 5. The third-order valence-electron chi connectivity index (χ3n) is 3.74. The number of anilines is 2. The first-order valence-electron chi connectivity index (χ1n) is 7.61. The van der Waals surface area contributed by atoms with E-state index >= 15 is 0 Å². The summed E-state index contributed by atoms with van der Waals surface area (Å²) in [5, 5.41) is 5.96. The van der Waals surface area contributed by atoms with Crippen LogP contribution in [0.15, 0.2) is 36.7 Å². The summed E-state index contributed by atoms with van der Waals surface area (Å²) in [7, 11) is 0. The summed E-state index contributed by atoms with van der Waals surface area (Å²) in [6.45, 7) is 1.77. The fraction of sp³-hybridized carbons (Fsp3) is 0.312. The number of aromatic nitrogens is 2. The highest BCUT2D eigenvalue weighted by Crippen LogP contribution is 2.19. The maximum Gasteiger partial charge on any atom is 0.238 e. The van der Waals surface area contributed by atoms with Crippen LogP contribution < -0.4 is 10.6 Å². The van der Waals surface area contributed by atoms with Gasteiger partial charge in [0.05, 0.1) is 11.6 Å². The maximum atomic E-state index is 13.4. The Kier molecular flexibility index (Phi) is 5.22. The third-order valence-corrected chi connectivity index (χ3v) is 4.05. The van der Waals surface area contributed by atoms with Crippen LogP contribution in [0.1, 0.15) is 6.42 Å². The second-order valence-electron chi connectivity index (χ2n) is 5.61. The van der Waals surface area contributed by atoms with Crippen LogP contribution in [0.5, 0.6) is 0 Å². The summed E-state index contributed by atoms with van der Waals surface area (Å²) >= 11 is 5.62. The van der Waals surface area contributed by atoms with Crippen LogP contribution in [-0.4, -0.2) is 46.5 Å². The molecule has 1 unspecified atom stereocenters. The molecule has 6 nitrogen and oxygen atoms in total. The van der Waals surface area contributed by atoms with Gasteiger partial charge in [-0.3, -0.25) is 9.69 Å². The van der Waals surface area contributed by atoms with Crippen molar-refractivity contribution in [3.8, 4) is 0 Å². The van der Waals surface area contributed by atoms with E-state index < -0.39 is 5.82 Å². The molecule has 1 aliphatic heterocycles. The lowest BCUT2D eigenvalue weighted by molar-refractivity contribution is -0.117. The lowest BCUT2D eigenvalue weighted by atomic mass is 10.3. The molecule has 3 rings (SSSR count). The summed E-state index contributed by atoms with van der Waals surface area (Å²) in [4.78, 5) is 22.4. The second kappa shape index (κ2) is 7.55. The van der Waals surface area contributed by atoms with Crippen LogP contribution in [0, 0.1) is 5.82 Å². The summed E-state index contributed by atoms with van der Waals surface area (Å²) in [6.07, 6.45) is 4.27. The number of likely N-dealkylation sites (tertiary alicyclic amines) is 1. The van der Waals surface area contributed by atoms with Gasteiger partial charge in [0.15, 0.2) is 0 Å². The number of nitrogens with zero attached hydrogens (tertiary/aromatic N) is 3. The molecule has 2 aromatic rings. The van der Waals surface area contributed by atoms with Gasteiger partial charge in [0, 0.05) is 37.2 Å². The number of nitrogens with one attached hydrogen (secondary N) is 2. The van der Waals surface area contributed by atoms with Crippen molar-refractivity contribution in [1.82, 2.24) is 14.9 Å². The molecule has 0 radical (unpaired) electrons. The van der Waals surface area contributed by atoms with Crippen LogP contribution in [0.4, 0.5) is 16.0 Å². The Morgan fingerprint density at radius 1 is 1.38 bits per heavy atom. The van der Waals surface area contributed by atoms with E-state index in [1.54, 1.807) is 24.5 Å². The minimum Gasteiger partial charge on any atom is -0.350 e. The molecule has 2 N–H and O–H groups in total. The Balaban J connectivity index is 1.48. The van der Waals surface area contributed by atoms with Gasteiger partial charge in [-0.2, -0.15) is 0 Å². The van der Waals surface area contributed by atoms with Gasteiger partial charge in [0.25, 0.3) is 0 Å². The van der Waals surface area contributed by atoms with Crippen LogP contribution in [-0.2, 0) is 4.79 Å². The average molecular weight is 350 g/mol. The van der Waals surface area contributed by atoms with Crippen molar-refractivity contribution in [3.63, 3.8) is 0 Å². The van der Waals surface area contributed by atoms with E-state index in [9.17, 15) is 9.18 Å². The first-order valence-corrected chi connectivity index (χ1v) is 7.99. The molecule has 1 fully saturated rings. The highest BCUT2D eigenvalue weighted by molar-refractivity contribution is 6.30. The van der Waals surface area contributed by atoms with E-state index in [-0.39, 0.29) is 23.5 Å². The molecule has 24 heavy (non-hydrogen) atoms. The predicted octanol–water partition coefficient (Wildman–Crippen LogP) is 2.39. The minimum atomic E-state index is -0.553. The molecule has 0 bridgehead atoms. The van der Waals surface area contributed by atoms with Crippen molar-refractivity contribution in [1.29, 1.82) is 0 Å². The molecule has 1 atom stereocenters. The fourth-order valence-electron chi connectivity index (χ4n) is 2.63. The predicted molar refractivity (Wildman–Crippen MR) is 90.5 cm³/mol. The second-order valence-corrected chi connectivity index (χ2v) is 6.02. The Labute approximate surface area is 144 Å². The van der Waals surface area contributed by atoms with Gasteiger partial charge in [-0.15, -0.1) is 0 Å². The Morgan fingerprint density at radius 3 is 2.92 bits per heavy atom. The van der Waals surface area contributed by atoms with Gasteiger partial charge >= 0.3 is 0 Å². The molecule has 0 aliphatic carbocycles. The van der Waals surface area contributed by atoms with Gasteiger partial charge in [0.2, 0.25) is 11.9 Å². The Bertz CT molecular complexity index is 715. The molecule has 1 aromatic carbocycles. The molecule has 8 heteroatoms. The van der Waals surface area contributed by atoms with Crippen molar-refractivity contribution in [2.75, 3.05) is 30.3 Å². The topological polar surface area (TPSA) is 70.2 Å². The molecule has 1 aromatic heterocycles. The van der Waals surface area contributed by atoms with Crippen LogP contribution in [0.2, 0.25) is 5.02 Å². The van der Waals surface area contributed by atoms with E-state index in [1.807, 2.05) is 4.90 Å². The van der Waals surface area contributed by atoms with E-state index in [0.717, 1.165) is 19.5 Å². The zero-order valence-electron chi connectivity index (χ0n) is 12.9. The first kappa shape index (κ1) is 16.6. The quantitative estimate of drug-likeness (QED) is 0.867. The van der Waals surface area contributed by atoms with Gasteiger partial charge in [-0.1, -0.05) is 11.6 Å². The highest BCUT2D eigenvalue weighted by Gasteiger charge is 2.24. The van der Waals surface area contributed by atoms with Gasteiger partial charge in [-0.05, 0) is 30.7 Å². The smallest absolute Gasteiger partial charge is 0.238 e. The highest BCUT2D eigenvalue weighted by atomic mass is 35.5. The van der Waals surface area contributed by atoms with Crippen LogP contribution >= 0.6 is 11.6 Å². The molecule has 0 saturated carbocycles. The van der Waals surface area contributed by atoms with Crippen LogP contribution in [0.3, 0.4) is 0 Å². The maximum absolute atomic E-state index is 13.4.